The molecule has 0 bridgehead atoms. The van der Waals surface area contributed by atoms with Gasteiger partial charge in [-0.3, -0.25) is 14.6 Å². The van der Waals surface area contributed by atoms with Crippen LogP contribution in [0.4, 0.5) is 18.9 Å². The minimum atomic E-state index is -4.62. The van der Waals surface area contributed by atoms with Gasteiger partial charge in [0, 0.05) is 33.7 Å². The lowest BCUT2D eigenvalue weighted by Crippen LogP contribution is -2.21. The Morgan fingerprint density at radius 2 is 1.90 bits per heavy atom. The van der Waals surface area contributed by atoms with Crippen molar-refractivity contribution in [2.75, 3.05) is 5.32 Å². The summed E-state index contributed by atoms with van der Waals surface area (Å²) in [4.78, 5) is 28.9. The van der Waals surface area contributed by atoms with E-state index in [0.29, 0.717) is 27.5 Å². The lowest BCUT2D eigenvalue weighted by Gasteiger charge is -2.19. The zero-order chi connectivity index (χ0) is 22.3. The minimum absolute atomic E-state index is 0.242. The Kier molecular flexibility index (Phi) is 5.30. The molecule has 4 rings (SSSR count). The second kappa shape index (κ2) is 7.81. The van der Waals surface area contributed by atoms with Crippen LogP contribution in [0, 0.1) is 6.92 Å². The first-order valence-corrected chi connectivity index (χ1v) is 9.98. The summed E-state index contributed by atoms with van der Waals surface area (Å²) in [6.07, 6.45) is -2.90. The van der Waals surface area contributed by atoms with Crippen molar-refractivity contribution in [2.45, 2.75) is 19.1 Å². The van der Waals surface area contributed by atoms with E-state index >= 15 is 0 Å². The number of pyridine rings is 1. The van der Waals surface area contributed by atoms with Crippen molar-refractivity contribution in [3.8, 4) is 0 Å². The molecule has 1 unspecified atom stereocenters. The van der Waals surface area contributed by atoms with Crippen molar-refractivity contribution in [1.82, 2.24) is 10.3 Å². The second-order valence-corrected chi connectivity index (χ2v) is 8.01. The number of benzene rings is 2. The molecular formula is C22H15BrF3N3O2. The molecule has 1 aliphatic rings. The lowest BCUT2D eigenvalue weighted by atomic mass is 9.93. The van der Waals surface area contributed by atoms with Crippen LogP contribution in [0.2, 0.25) is 0 Å². The van der Waals surface area contributed by atoms with Crippen molar-refractivity contribution >= 4 is 33.4 Å². The van der Waals surface area contributed by atoms with E-state index in [1.54, 1.807) is 12.1 Å². The summed E-state index contributed by atoms with van der Waals surface area (Å²) in [6, 6.07) is 11.0. The number of carbonyl (C=O) groups excluding carboxylic acids is 2. The Hall–Kier alpha value is -3.20. The number of fused-ring (bicyclic) bond motifs is 1. The van der Waals surface area contributed by atoms with E-state index in [1.165, 1.54) is 0 Å². The Balaban J connectivity index is 1.76. The number of nitrogens with zero attached hydrogens (tertiary/aromatic N) is 1. The Labute approximate surface area is 183 Å². The predicted molar refractivity (Wildman–Crippen MR) is 112 cm³/mol. The van der Waals surface area contributed by atoms with Crippen LogP contribution >= 0.6 is 15.9 Å². The summed E-state index contributed by atoms with van der Waals surface area (Å²) in [6.45, 7) is 1.91. The van der Waals surface area contributed by atoms with Gasteiger partial charge in [0.05, 0.1) is 17.2 Å². The summed E-state index contributed by atoms with van der Waals surface area (Å²) < 4.78 is 39.5. The number of halogens is 4. The van der Waals surface area contributed by atoms with E-state index in [1.807, 2.05) is 31.2 Å². The Bertz CT molecular complexity index is 1210. The molecule has 1 aliphatic heterocycles. The highest BCUT2D eigenvalue weighted by Crippen LogP contribution is 2.39. The van der Waals surface area contributed by atoms with Crippen LogP contribution in [0.3, 0.4) is 0 Å². The summed E-state index contributed by atoms with van der Waals surface area (Å²) >= 11 is 3.33. The Morgan fingerprint density at radius 3 is 2.61 bits per heavy atom. The monoisotopic (exact) mass is 489 g/mol. The van der Waals surface area contributed by atoms with Crippen molar-refractivity contribution in [1.29, 1.82) is 0 Å². The van der Waals surface area contributed by atoms with Crippen LogP contribution in [-0.2, 0) is 6.18 Å². The van der Waals surface area contributed by atoms with Crippen molar-refractivity contribution < 1.29 is 22.8 Å². The molecular weight excluding hydrogens is 475 g/mol. The molecule has 5 nitrogen and oxygen atoms in total. The third-order valence-corrected chi connectivity index (χ3v) is 5.49. The maximum Gasteiger partial charge on any atom is 0.417 e. The third kappa shape index (κ3) is 4.05. The molecule has 9 heteroatoms. The van der Waals surface area contributed by atoms with Crippen molar-refractivity contribution in [3.05, 3.63) is 92.7 Å². The first-order chi connectivity index (χ1) is 14.6. The number of hydrogen-bond donors (Lipinski definition) is 2. The van der Waals surface area contributed by atoms with Gasteiger partial charge in [-0.05, 0) is 36.2 Å². The summed E-state index contributed by atoms with van der Waals surface area (Å²) in [5.41, 5.74) is 1.79. The van der Waals surface area contributed by atoms with Crippen molar-refractivity contribution in [3.63, 3.8) is 0 Å². The number of carbonyl (C=O) groups is 2. The fourth-order valence-corrected chi connectivity index (χ4v) is 4.02. The van der Waals surface area contributed by atoms with E-state index < -0.39 is 23.7 Å². The summed E-state index contributed by atoms with van der Waals surface area (Å²) in [5, 5.41) is 5.56. The fourth-order valence-electron chi connectivity index (χ4n) is 3.56. The molecule has 1 atom stereocenters. The van der Waals surface area contributed by atoms with E-state index in [9.17, 15) is 22.8 Å². The van der Waals surface area contributed by atoms with E-state index in [4.69, 9.17) is 0 Å². The third-order valence-electron chi connectivity index (χ3n) is 5.03. The van der Waals surface area contributed by atoms with E-state index in [-0.39, 0.29) is 11.5 Å². The van der Waals surface area contributed by atoms with Gasteiger partial charge in [0.2, 0.25) is 0 Å². The molecule has 31 heavy (non-hydrogen) atoms. The van der Waals surface area contributed by atoms with E-state index in [0.717, 1.165) is 23.4 Å². The molecule has 2 aromatic carbocycles. The zero-order valence-corrected chi connectivity index (χ0v) is 17.6. The standard InChI is InChI=1S/C22H15BrF3N3O2/c1-11-4-2-3-5-15(11)19-18-16(21(31)29-19)7-14(23)8-17(18)28-20(30)12-6-13(10-27-9-12)22(24,25)26/h2-10,19H,1H3,(H,28,30)(H,29,31). The number of rotatable bonds is 3. The van der Waals surface area contributed by atoms with Gasteiger partial charge in [0.15, 0.2) is 0 Å². The maximum atomic E-state index is 13.0. The fraction of sp³-hybridized carbons (Fsp3) is 0.136. The number of aryl methyl sites for hydroxylation is 1. The van der Waals surface area contributed by atoms with Gasteiger partial charge < -0.3 is 10.6 Å². The van der Waals surface area contributed by atoms with Gasteiger partial charge in [-0.15, -0.1) is 0 Å². The average Bonchev–Trinajstić information content (AvgIpc) is 3.04. The SMILES string of the molecule is Cc1ccccc1C1NC(=O)c2cc(Br)cc(NC(=O)c3cncc(C(F)(F)F)c3)c21. The normalized spacial score (nSPS) is 15.4. The van der Waals surface area contributed by atoms with Crippen LogP contribution in [-0.4, -0.2) is 16.8 Å². The number of nitrogens with one attached hydrogen (secondary N) is 2. The van der Waals surface area contributed by atoms with Gasteiger partial charge in [-0.1, -0.05) is 40.2 Å². The topological polar surface area (TPSA) is 71.1 Å². The molecule has 0 radical (unpaired) electrons. The number of amides is 2. The smallest absolute Gasteiger partial charge is 0.341 e. The average molecular weight is 490 g/mol. The molecule has 0 spiro atoms. The lowest BCUT2D eigenvalue weighted by molar-refractivity contribution is -0.137. The molecule has 2 N–H and O–H groups in total. The van der Waals surface area contributed by atoms with Crippen molar-refractivity contribution in [2.24, 2.45) is 0 Å². The van der Waals surface area contributed by atoms with Gasteiger partial charge in [0.25, 0.3) is 11.8 Å². The maximum absolute atomic E-state index is 13.0. The molecule has 0 saturated carbocycles. The number of aromatic nitrogens is 1. The van der Waals surface area contributed by atoms with Gasteiger partial charge in [0.1, 0.15) is 0 Å². The highest BCUT2D eigenvalue weighted by atomic mass is 79.9. The predicted octanol–water partition coefficient (Wildman–Crippen LogP) is 5.26. The first-order valence-electron chi connectivity index (χ1n) is 9.18. The minimum Gasteiger partial charge on any atom is -0.341 e. The van der Waals surface area contributed by atoms with Gasteiger partial charge in [-0.2, -0.15) is 13.2 Å². The summed E-state index contributed by atoms with van der Waals surface area (Å²) in [7, 11) is 0. The molecule has 158 valence electrons. The van der Waals surface area contributed by atoms with E-state index in [2.05, 4.69) is 31.5 Å². The molecule has 2 amide bonds. The number of anilines is 1. The van der Waals surface area contributed by atoms with Crippen LogP contribution in [0.25, 0.3) is 0 Å². The molecule has 3 aromatic rings. The zero-order valence-electron chi connectivity index (χ0n) is 16.0. The second-order valence-electron chi connectivity index (χ2n) is 7.09. The molecule has 2 heterocycles. The summed E-state index contributed by atoms with van der Waals surface area (Å²) in [5.74, 6) is -1.07. The molecule has 0 aliphatic carbocycles. The largest absolute Gasteiger partial charge is 0.417 e. The van der Waals surface area contributed by atoms with Crippen LogP contribution < -0.4 is 10.6 Å². The molecule has 0 saturated heterocycles. The first kappa shape index (κ1) is 21.0. The Morgan fingerprint density at radius 1 is 1.16 bits per heavy atom. The number of alkyl halides is 3. The van der Waals surface area contributed by atoms with Crippen LogP contribution in [0.5, 0.6) is 0 Å². The highest BCUT2D eigenvalue weighted by molar-refractivity contribution is 9.10. The van der Waals surface area contributed by atoms with Gasteiger partial charge in [-0.25, -0.2) is 0 Å². The van der Waals surface area contributed by atoms with Crippen LogP contribution in [0.15, 0.2) is 59.3 Å². The highest BCUT2D eigenvalue weighted by Gasteiger charge is 2.35. The van der Waals surface area contributed by atoms with Crippen LogP contribution in [0.1, 0.15) is 49.0 Å². The molecule has 0 fully saturated rings. The quantitative estimate of drug-likeness (QED) is 0.527. The van der Waals surface area contributed by atoms with Gasteiger partial charge >= 0.3 is 6.18 Å². The number of hydrogen-bond acceptors (Lipinski definition) is 3. The molecule has 1 aromatic heterocycles.